The van der Waals surface area contributed by atoms with Crippen molar-refractivity contribution in [2.45, 2.75) is 13.0 Å². The molecule has 86 valence electrons. The molecule has 0 aliphatic rings. The topological polar surface area (TPSA) is 53.6 Å². The molecule has 2 aromatic rings. The molecule has 4 nitrogen and oxygen atoms in total. The maximum absolute atomic E-state index is 8.57. The van der Waals surface area contributed by atoms with E-state index in [2.05, 4.69) is 16.4 Å². The zero-order valence-corrected chi connectivity index (χ0v) is 9.72. The molecule has 1 aromatic carbocycles. The fourth-order valence-corrected chi connectivity index (χ4v) is 1.58. The average Bonchev–Trinajstić information content (AvgIpc) is 2.75. The van der Waals surface area contributed by atoms with Gasteiger partial charge in [0, 0.05) is 18.9 Å². The number of hydrogen-bond donors (Lipinski definition) is 1. The zero-order valence-electron chi connectivity index (χ0n) is 9.72. The maximum Gasteiger partial charge on any atom is 0.0946 e. The van der Waals surface area contributed by atoms with Crippen LogP contribution in [0, 0.1) is 11.3 Å². The predicted octanol–water partition coefficient (Wildman–Crippen LogP) is 2.10. The van der Waals surface area contributed by atoms with Gasteiger partial charge in [0.25, 0.3) is 0 Å². The lowest BCUT2D eigenvalue weighted by molar-refractivity contribution is 0.837. The van der Waals surface area contributed by atoms with Crippen LogP contribution in [0.25, 0.3) is 0 Å². The van der Waals surface area contributed by atoms with Crippen LogP contribution in [0.2, 0.25) is 0 Å². The Morgan fingerprint density at radius 3 is 2.71 bits per heavy atom. The summed E-state index contributed by atoms with van der Waals surface area (Å²) < 4.78 is 1.98. The van der Waals surface area contributed by atoms with E-state index in [0.29, 0.717) is 6.42 Å². The Hall–Kier alpha value is -2.28. The van der Waals surface area contributed by atoms with Crippen LogP contribution in [0.3, 0.4) is 0 Å². The van der Waals surface area contributed by atoms with E-state index in [9.17, 15) is 0 Å². The minimum absolute atomic E-state index is 0.460. The summed E-state index contributed by atoms with van der Waals surface area (Å²) in [5.41, 5.74) is 3.22. The van der Waals surface area contributed by atoms with Crippen molar-refractivity contribution in [3.63, 3.8) is 0 Å². The first-order valence-corrected chi connectivity index (χ1v) is 5.44. The number of imidazole rings is 1. The third kappa shape index (κ3) is 2.85. The van der Waals surface area contributed by atoms with Crippen molar-refractivity contribution in [1.29, 1.82) is 5.26 Å². The quantitative estimate of drug-likeness (QED) is 0.868. The van der Waals surface area contributed by atoms with Gasteiger partial charge < -0.3 is 9.88 Å². The van der Waals surface area contributed by atoms with Crippen molar-refractivity contribution >= 4 is 5.69 Å². The molecule has 2 rings (SSSR count). The average molecular weight is 226 g/mol. The van der Waals surface area contributed by atoms with Crippen molar-refractivity contribution in [2.75, 3.05) is 5.32 Å². The fraction of sp³-hybridized carbons (Fsp3) is 0.231. The van der Waals surface area contributed by atoms with Gasteiger partial charge in [-0.05, 0) is 17.7 Å². The Labute approximate surface area is 101 Å². The fourth-order valence-electron chi connectivity index (χ4n) is 1.58. The van der Waals surface area contributed by atoms with Crippen LogP contribution in [0.4, 0.5) is 5.69 Å². The van der Waals surface area contributed by atoms with Crippen molar-refractivity contribution in [2.24, 2.45) is 7.05 Å². The summed E-state index contributed by atoms with van der Waals surface area (Å²) in [6.45, 7) is 0.744. The van der Waals surface area contributed by atoms with Gasteiger partial charge in [-0.3, -0.25) is 0 Å². The summed E-state index contributed by atoms with van der Waals surface area (Å²) in [5, 5.41) is 11.9. The van der Waals surface area contributed by atoms with Crippen molar-refractivity contribution in [3.05, 3.63) is 48.0 Å². The van der Waals surface area contributed by atoms with Gasteiger partial charge in [0.1, 0.15) is 0 Å². The zero-order chi connectivity index (χ0) is 12.1. The molecule has 0 fully saturated rings. The molecule has 0 radical (unpaired) electrons. The molecule has 0 amide bonds. The lowest BCUT2D eigenvalue weighted by atomic mass is 10.1. The Balaban J connectivity index is 1.96. The smallest absolute Gasteiger partial charge is 0.0946 e. The number of nitrogens with one attached hydrogen (secondary N) is 1. The first-order valence-electron chi connectivity index (χ1n) is 5.44. The number of rotatable bonds is 4. The number of benzene rings is 1. The van der Waals surface area contributed by atoms with Gasteiger partial charge in [-0.25, -0.2) is 4.98 Å². The van der Waals surface area contributed by atoms with Crippen LogP contribution in [-0.4, -0.2) is 9.55 Å². The molecule has 0 saturated carbocycles. The van der Waals surface area contributed by atoms with Crippen LogP contribution in [0.15, 0.2) is 36.8 Å². The third-order valence-electron chi connectivity index (χ3n) is 2.63. The molecule has 1 N–H and O–H groups in total. The minimum atomic E-state index is 0.460. The van der Waals surface area contributed by atoms with E-state index in [4.69, 9.17) is 5.26 Å². The molecule has 0 bridgehead atoms. The van der Waals surface area contributed by atoms with Crippen molar-refractivity contribution in [1.82, 2.24) is 9.55 Å². The summed E-state index contributed by atoms with van der Waals surface area (Å²) in [6.07, 6.45) is 4.09. The number of anilines is 1. The third-order valence-corrected chi connectivity index (χ3v) is 2.63. The summed E-state index contributed by atoms with van der Waals surface area (Å²) in [5.74, 6) is 0. The van der Waals surface area contributed by atoms with E-state index in [1.54, 1.807) is 6.33 Å². The van der Waals surface area contributed by atoms with Crippen LogP contribution in [-0.2, 0) is 20.0 Å². The second-order valence-electron chi connectivity index (χ2n) is 3.88. The van der Waals surface area contributed by atoms with E-state index in [0.717, 1.165) is 23.5 Å². The summed E-state index contributed by atoms with van der Waals surface area (Å²) in [6, 6.07) is 10.0. The minimum Gasteiger partial charge on any atom is -0.379 e. The van der Waals surface area contributed by atoms with Gasteiger partial charge in [0.2, 0.25) is 0 Å². The van der Waals surface area contributed by atoms with E-state index in [-0.39, 0.29) is 0 Å². The van der Waals surface area contributed by atoms with E-state index in [1.807, 2.05) is 42.1 Å². The first kappa shape index (κ1) is 11.2. The molecule has 0 spiro atoms. The van der Waals surface area contributed by atoms with E-state index in [1.165, 1.54) is 0 Å². The highest BCUT2D eigenvalue weighted by molar-refractivity contribution is 5.45. The predicted molar refractivity (Wildman–Crippen MR) is 66.3 cm³/mol. The van der Waals surface area contributed by atoms with Crippen molar-refractivity contribution < 1.29 is 0 Å². The lowest BCUT2D eigenvalue weighted by Gasteiger charge is -2.07. The first-order chi connectivity index (χ1) is 8.29. The van der Waals surface area contributed by atoms with Gasteiger partial charge in [-0.2, -0.15) is 5.26 Å². The monoisotopic (exact) mass is 226 g/mol. The van der Waals surface area contributed by atoms with Crippen LogP contribution >= 0.6 is 0 Å². The Bertz CT molecular complexity index is 519. The Morgan fingerprint density at radius 2 is 2.12 bits per heavy atom. The number of nitrogens with zero attached hydrogens (tertiary/aromatic N) is 3. The molecular formula is C13H14N4. The van der Waals surface area contributed by atoms with Gasteiger partial charge >= 0.3 is 0 Å². The maximum atomic E-state index is 8.57. The summed E-state index contributed by atoms with van der Waals surface area (Å²) in [7, 11) is 1.97. The molecule has 0 unspecified atom stereocenters. The highest BCUT2D eigenvalue weighted by atomic mass is 15.0. The molecule has 1 aromatic heterocycles. The molecule has 17 heavy (non-hydrogen) atoms. The number of hydrogen-bond acceptors (Lipinski definition) is 3. The molecule has 0 saturated heterocycles. The van der Waals surface area contributed by atoms with Crippen molar-refractivity contribution in [3.8, 4) is 6.07 Å². The SMILES string of the molecule is Cn1cncc1CNc1ccc(CC#N)cc1. The van der Waals surface area contributed by atoms with Gasteiger partial charge in [0.05, 0.1) is 31.1 Å². The molecule has 0 aliphatic heterocycles. The standard InChI is InChI=1S/C13H14N4/c1-17-10-15-8-13(17)9-16-12-4-2-11(3-5-12)6-7-14/h2-5,8,10,16H,6,9H2,1H3. The van der Waals surface area contributed by atoms with Gasteiger partial charge in [0.15, 0.2) is 0 Å². The number of aromatic nitrogens is 2. The van der Waals surface area contributed by atoms with Crippen LogP contribution in [0.5, 0.6) is 0 Å². The summed E-state index contributed by atoms with van der Waals surface area (Å²) in [4.78, 5) is 4.06. The lowest BCUT2D eigenvalue weighted by Crippen LogP contribution is -2.03. The number of aryl methyl sites for hydroxylation is 1. The normalized spacial score (nSPS) is 9.88. The largest absolute Gasteiger partial charge is 0.379 e. The number of nitriles is 1. The Kier molecular flexibility index (Phi) is 3.41. The van der Waals surface area contributed by atoms with Gasteiger partial charge in [-0.1, -0.05) is 12.1 Å². The van der Waals surface area contributed by atoms with E-state index >= 15 is 0 Å². The Morgan fingerprint density at radius 1 is 1.35 bits per heavy atom. The van der Waals surface area contributed by atoms with Crippen LogP contribution in [0.1, 0.15) is 11.3 Å². The highest BCUT2D eigenvalue weighted by Gasteiger charge is 1.98. The van der Waals surface area contributed by atoms with Gasteiger partial charge in [-0.15, -0.1) is 0 Å². The summed E-state index contributed by atoms with van der Waals surface area (Å²) >= 11 is 0. The molecule has 4 heteroatoms. The molecule has 0 atom stereocenters. The molecular weight excluding hydrogens is 212 g/mol. The van der Waals surface area contributed by atoms with Crippen LogP contribution < -0.4 is 5.32 Å². The van der Waals surface area contributed by atoms with E-state index < -0.39 is 0 Å². The molecule has 1 heterocycles. The molecule has 0 aliphatic carbocycles. The second kappa shape index (κ2) is 5.17. The second-order valence-corrected chi connectivity index (χ2v) is 3.88. The highest BCUT2D eigenvalue weighted by Crippen LogP contribution is 2.11.